The number of carbonyl (C=O) groups is 1. The molecular weight excluding hydrogens is 411 g/mol. The van der Waals surface area contributed by atoms with Crippen molar-refractivity contribution in [3.63, 3.8) is 0 Å². The first-order valence-corrected chi connectivity index (χ1v) is 10.3. The number of hydrogen-bond acceptors (Lipinski definition) is 3. The molecule has 2 aliphatic rings. The number of halogens is 2. The lowest BCUT2D eigenvalue weighted by Gasteiger charge is -2.42. The Morgan fingerprint density at radius 3 is 2.76 bits per heavy atom. The molecule has 29 heavy (non-hydrogen) atoms. The Morgan fingerprint density at radius 2 is 1.90 bits per heavy atom. The first-order valence-electron chi connectivity index (χ1n) is 9.54. The van der Waals surface area contributed by atoms with Gasteiger partial charge >= 0.3 is 0 Å². The fraction of sp³-hybridized carbons (Fsp3) is 0.273. The van der Waals surface area contributed by atoms with Gasteiger partial charge in [0.2, 0.25) is 0 Å². The van der Waals surface area contributed by atoms with E-state index in [0.717, 1.165) is 12.1 Å². The van der Waals surface area contributed by atoms with Crippen LogP contribution in [-0.4, -0.2) is 28.5 Å². The van der Waals surface area contributed by atoms with Gasteiger partial charge in [-0.3, -0.25) is 9.59 Å². The molecular formula is C22H18Cl2N2O3. The molecule has 1 saturated heterocycles. The van der Waals surface area contributed by atoms with E-state index in [1.807, 2.05) is 15.5 Å². The van der Waals surface area contributed by atoms with Gasteiger partial charge in [-0.15, -0.1) is 0 Å². The van der Waals surface area contributed by atoms with Crippen LogP contribution in [0.15, 0.2) is 57.7 Å². The van der Waals surface area contributed by atoms with Crippen molar-refractivity contribution >= 4 is 29.1 Å². The predicted octanol–water partition coefficient (Wildman–Crippen LogP) is 4.67. The summed E-state index contributed by atoms with van der Waals surface area (Å²) in [5.74, 6) is 1.08. The maximum Gasteiger partial charge on any atom is 0.289 e. The van der Waals surface area contributed by atoms with Gasteiger partial charge in [-0.2, -0.15) is 0 Å². The highest BCUT2D eigenvalue weighted by Gasteiger charge is 2.37. The van der Waals surface area contributed by atoms with Gasteiger partial charge < -0.3 is 13.9 Å². The number of furan rings is 1. The van der Waals surface area contributed by atoms with Gasteiger partial charge in [0.1, 0.15) is 5.76 Å². The molecule has 148 valence electrons. The lowest BCUT2D eigenvalue weighted by atomic mass is 9.83. The summed E-state index contributed by atoms with van der Waals surface area (Å²) in [6.45, 7) is 1.84. The van der Waals surface area contributed by atoms with Gasteiger partial charge in [0.05, 0.1) is 5.02 Å². The summed E-state index contributed by atoms with van der Waals surface area (Å²) < 4.78 is 7.70. The molecule has 5 nitrogen and oxygen atoms in total. The van der Waals surface area contributed by atoms with Crippen molar-refractivity contribution < 1.29 is 9.21 Å². The molecule has 2 aliphatic heterocycles. The minimum Gasteiger partial charge on any atom is -0.451 e. The molecule has 1 fully saturated rings. The topological polar surface area (TPSA) is 55.5 Å². The van der Waals surface area contributed by atoms with E-state index in [-0.39, 0.29) is 29.1 Å². The number of rotatable bonds is 2. The van der Waals surface area contributed by atoms with Crippen molar-refractivity contribution in [2.24, 2.45) is 5.92 Å². The second-order valence-electron chi connectivity index (χ2n) is 7.70. The molecule has 5 rings (SSSR count). The Labute approximate surface area is 177 Å². The summed E-state index contributed by atoms with van der Waals surface area (Å²) in [5.41, 5.74) is 1.70. The number of likely N-dealkylation sites (tertiary alicyclic amines) is 1. The second-order valence-corrected chi connectivity index (χ2v) is 8.54. The number of nitrogens with zero attached hydrogens (tertiary/aromatic N) is 2. The number of aromatic nitrogens is 1. The van der Waals surface area contributed by atoms with Gasteiger partial charge in [0.25, 0.3) is 11.5 Å². The van der Waals surface area contributed by atoms with Crippen molar-refractivity contribution in [3.8, 4) is 11.3 Å². The number of fused-ring (bicyclic) bond motifs is 4. The fourth-order valence-electron chi connectivity index (χ4n) is 4.50. The zero-order chi connectivity index (χ0) is 20.1. The van der Waals surface area contributed by atoms with Crippen LogP contribution in [-0.2, 0) is 6.54 Å². The number of piperidine rings is 1. The molecule has 0 saturated carbocycles. The van der Waals surface area contributed by atoms with Gasteiger partial charge in [0.15, 0.2) is 5.76 Å². The Hall–Kier alpha value is -2.50. The van der Waals surface area contributed by atoms with Crippen molar-refractivity contribution in [1.29, 1.82) is 0 Å². The van der Waals surface area contributed by atoms with Gasteiger partial charge in [0, 0.05) is 47.9 Å². The van der Waals surface area contributed by atoms with Crippen LogP contribution in [0.2, 0.25) is 10.0 Å². The minimum absolute atomic E-state index is 0.0334. The summed E-state index contributed by atoms with van der Waals surface area (Å²) in [6.07, 6.45) is 0.995. The first-order chi connectivity index (χ1) is 14.0. The van der Waals surface area contributed by atoms with E-state index in [4.69, 9.17) is 27.6 Å². The Balaban J connectivity index is 1.41. The van der Waals surface area contributed by atoms with Crippen molar-refractivity contribution in [2.45, 2.75) is 18.9 Å². The van der Waals surface area contributed by atoms with Gasteiger partial charge in [-0.25, -0.2) is 0 Å². The molecule has 1 aromatic carbocycles. The molecule has 0 spiro atoms. The third-order valence-corrected chi connectivity index (χ3v) is 6.34. The summed E-state index contributed by atoms with van der Waals surface area (Å²) in [4.78, 5) is 27.1. The van der Waals surface area contributed by atoms with E-state index in [0.29, 0.717) is 41.0 Å². The average Bonchev–Trinajstić information content (AvgIpc) is 3.20. The first kappa shape index (κ1) is 18.5. The number of pyridine rings is 1. The molecule has 0 unspecified atom stereocenters. The van der Waals surface area contributed by atoms with Crippen LogP contribution in [0.25, 0.3) is 11.3 Å². The molecule has 0 radical (unpaired) electrons. The second kappa shape index (κ2) is 7.08. The van der Waals surface area contributed by atoms with Crippen LogP contribution < -0.4 is 5.56 Å². The summed E-state index contributed by atoms with van der Waals surface area (Å²) >= 11 is 12.3. The third kappa shape index (κ3) is 3.28. The highest BCUT2D eigenvalue weighted by Crippen LogP contribution is 2.36. The van der Waals surface area contributed by atoms with Crippen molar-refractivity contribution in [3.05, 3.63) is 80.4 Å². The Bertz CT molecular complexity index is 1170. The quantitative estimate of drug-likeness (QED) is 0.595. The van der Waals surface area contributed by atoms with Crippen LogP contribution in [0.3, 0.4) is 0 Å². The summed E-state index contributed by atoms with van der Waals surface area (Å²) in [6, 6.07) is 13.9. The fourth-order valence-corrected chi connectivity index (χ4v) is 4.88. The number of hydrogen-bond donors (Lipinski definition) is 0. The predicted molar refractivity (Wildman–Crippen MR) is 112 cm³/mol. The molecule has 1 amide bonds. The normalized spacial score (nSPS) is 20.4. The molecule has 3 aromatic rings. The van der Waals surface area contributed by atoms with Crippen LogP contribution in [0.4, 0.5) is 0 Å². The average molecular weight is 429 g/mol. The van der Waals surface area contributed by atoms with E-state index in [1.165, 1.54) is 0 Å². The van der Waals surface area contributed by atoms with E-state index < -0.39 is 0 Å². The molecule has 2 aromatic heterocycles. The highest BCUT2D eigenvalue weighted by atomic mass is 35.5. The largest absolute Gasteiger partial charge is 0.451 e. The number of amides is 1. The molecule has 0 aliphatic carbocycles. The van der Waals surface area contributed by atoms with E-state index in [9.17, 15) is 9.59 Å². The lowest BCUT2D eigenvalue weighted by molar-refractivity contribution is 0.0564. The Morgan fingerprint density at radius 1 is 1.03 bits per heavy atom. The number of benzene rings is 1. The van der Waals surface area contributed by atoms with Crippen LogP contribution >= 0.6 is 23.2 Å². The third-order valence-electron chi connectivity index (χ3n) is 5.78. The standard InChI is InChI=1S/C22H18Cl2N2O3/c23-15-4-5-17(24)16(9-15)19-6-7-20(29-19)22(28)25-10-13-8-14(12-25)18-2-1-3-21(27)26(18)11-13/h1-7,9,13-14H,8,10-12H2/t13-,14+/m1/s1. The van der Waals surface area contributed by atoms with Crippen LogP contribution in [0, 0.1) is 5.92 Å². The van der Waals surface area contributed by atoms with E-state index in [1.54, 1.807) is 42.5 Å². The zero-order valence-corrected chi connectivity index (χ0v) is 17.0. The highest BCUT2D eigenvalue weighted by molar-refractivity contribution is 6.35. The van der Waals surface area contributed by atoms with E-state index >= 15 is 0 Å². The molecule has 2 atom stereocenters. The van der Waals surface area contributed by atoms with E-state index in [2.05, 4.69) is 0 Å². The zero-order valence-electron chi connectivity index (χ0n) is 15.5. The monoisotopic (exact) mass is 428 g/mol. The minimum atomic E-state index is -0.143. The summed E-state index contributed by atoms with van der Waals surface area (Å²) in [7, 11) is 0. The smallest absolute Gasteiger partial charge is 0.289 e. The maximum atomic E-state index is 13.1. The molecule has 7 heteroatoms. The maximum absolute atomic E-state index is 13.1. The lowest BCUT2D eigenvalue weighted by Crippen LogP contribution is -2.49. The van der Waals surface area contributed by atoms with Gasteiger partial charge in [-0.1, -0.05) is 29.3 Å². The molecule has 2 bridgehead atoms. The van der Waals surface area contributed by atoms with Crippen molar-refractivity contribution in [2.75, 3.05) is 13.1 Å². The molecule has 0 N–H and O–H groups in total. The molecule has 4 heterocycles. The number of carbonyl (C=O) groups excluding carboxylic acids is 1. The van der Waals surface area contributed by atoms with Gasteiger partial charge in [-0.05, 0) is 48.7 Å². The van der Waals surface area contributed by atoms with Crippen LogP contribution in [0.1, 0.15) is 28.6 Å². The van der Waals surface area contributed by atoms with Crippen molar-refractivity contribution in [1.82, 2.24) is 9.47 Å². The van der Waals surface area contributed by atoms with Crippen LogP contribution in [0.5, 0.6) is 0 Å². The SMILES string of the molecule is O=C(c1ccc(-c2cc(Cl)ccc2Cl)o1)N1C[C@H]2C[C@@H](C1)c1cccc(=O)n1C2. The Kier molecular flexibility index (Phi) is 4.52. The summed E-state index contributed by atoms with van der Waals surface area (Å²) in [5, 5.41) is 1.06.